The van der Waals surface area contributed by atoms with E-state index >= 15 is 0 Å². The summed E-state index contributed by atoms with van der Waals surface area (Å²) in [6.07, 6.45) is 3.98. The number of alkyl carbamates (subject to hydrolysis) is 1. The van der Waals surface area contributed by atoms with Crippen molar-refractivity contribution in [3.05, 3.63) is 0 Å². The van der Waals surface area contributed by atoms with Crippen LogP contribution in [0.4, 0.5) is 4.79 Å². The fourth-order valence-corrected chi connectivity index (χ4v) is 8.07. The Labute approximate surface area is 175 Å². The van der Waals surface area contributed by atoms with Gasteiger partial charge in [-0.2, -0.15) is 4.31 Å². The molecule has 2 aliphatic carbocycles. The van der Waals surface area contributed by atoms with Gasteiger partial charge in [-0.15, -0.1) is 0 Å². The van der Waals surface area contributed by atoms with Crippen LogP contribution in [0, 0.1) is 16.7 Å². The highest BCUT2D eigenvalue weighted by molar-refractivity contribution is 7.89. The highest BCUT2D eigenvalue weighted by Gasteiger charge is 2.65. The molecule has 3 rings (SSSR count). The third-order valence-corrected chi connectivity index (χ3v) is 9.43. The summed E-state index contributed by atoms with van der Waals surface area (Å²) in [5, 5.41) is 2.73. The molecule has 0 aromatic heterocycles. The van der Waals surface area contributed by atoms with Crippen LogP contribution in [0.5, 0.6) is 0 Å². The number of carbonyl (C=O) groups is 2. The van der Waals surface area contributed by atoms with Crippen LogP contribution < -0.4 is 5.32 Å². The Bertz CT molecular complexity index is 770. The number of amides is 1. The predicted octanol–water partition coefficient (Wildman–Crippen LogP) is 3.09. The monoisotopic (exact) mass is 428 g/mol. The number of hydrogen-bond acceptors (Lipinski definition) is 5. The summed E-state index contributed by atoms with van der Waals surface area (Å²) in [4.78, 5) is 24.8. The van der Waals surface area contributed by atoms with Crippen LogP contribution in [0.25, 0.3) is 0 Å². The molecule has 29 heavy (non-hydrogen) atoms. The maximum atomic E-state index is 13.5. The second-order valence-corrected chi connectivity index (χ2v) is 12.5. The summed E-state index contributed by atoms with van der Waals surface area (Å²) >= 11 is 0. The summed E-state index contributed by atoms with van der Waals surface area (Å²) in [5.41, 5.74) is -1.65. The molecule has 0 spiro atoms. The van der Waals surface area contributed by atoms with Crippen LogP contribution in [0.15, 0.2) is 0 Å². The van der Waals surface area contributed by atoms with Crippen molar-refractivity contribution in [1.29, 1.82) is 0 Å². The first kappa shape index (κ1) is 22.5. The zero-order chi connectivity index (χ0) is 21.7. The zero-order valence-corrected chi connectivity index (χ0v) is 19.2. The van der Waals surface area contributed by atoms with E-state index in [0.717, 1.165) is 19.3 Å². The number of fused-ring (bicyclic) bond motifs is 2. The van der Waals surface area contributed by atoms with E-state index in [1.807, 2.05) is 0 Å². The molecular formula is C21H36N2O5S. The smallest absolute Gasteiger partial charge is 0.407 e. The van der Waals surface area contributed by atoms with Gasteiger partial charge in [0, 0.05) is 31.0 Å². The van der Waals surface area contributed by atoms with Gasteiger partial charge in [0.2, 0.25) is 10.0 Å². The molecule has 3 atom stereocenters. The molecule has 2 bridgehead atoms. The molecule has 1 amide bonds. The second-order valence-electron chi connectivity index (χ2n) is 10.6. The first-order valence-electron chi connectivity index (χ1n) is 10.8. The van der Waals surface area contributed by atoms with Gasteiger partial charge in [-0.25, -0.2) is 13.2 Å². The molecule has 166 valence electrons. The summed E-state index contributed by atoms with van der Waals surface area (Å²) in [7, 11) is -3.63. The van der Waals surface area contributed by atoms with Gasteiger partial charge in [0.05, 0.1) is 5.75 Å². The van der Waals surface area contributed by atoms with E-state index in [1.54, 1.807) is 20.8 Å². The summed E-state index contributed by atoms with van der Waals surface area (Å²) in [6.45, 7) is 10.2. The van der Waals surface area contributed by atoms with E-state index in [9.17, 15) is 18.0 Å². The normalized spacial score (nSPS) is 32.4. The maximum absolute atomic E-state index is 13.5. The van der Waals surface area contributed by atoms with Gasteiger partial charge in [-0.1, -0.05) is 20.3 Å². The Morgan fingerprint density at radius 2 is 1.93 bits per heavy atom. The van der Waals surface area contributed by atoms with E-state index in [0.29, 0.717) is 25.8 Å². The minimum Gasteiger partial charge on any atom is -0.444 e. The molecule has 1 aliphatic heterocycles. The van der Waals surface area contributed by atoms with Crippen molar-refractivity contribution in [2.45, 2.75) is 84.8 Å². The third kappa shape index (κ3) is 4.20. The van der Waals surface area contributed by atoms with E-state index in [4.69, 9.17) is 4.74 Å². The Balaban J connectivity index is 1.73. The number of piperidine rings is 1. The van der Waals surface area contributed by atoms with Crippen LogP contribution >= 0.6 is 0 Å². The van der Waals surface area contributed by atoms with E-state index in [-0.39, 0.29) is 35.5 Å². The lowest BCUT2D eigenvalue weighted by Gasteiger charge is -2.40. The minimum atomic E-state index is -3.63. The van der Waals surface area contributed by atoms with Crippen molar-refractivity contribution >= 4 is 21.9 Å². The molecular weight excluding hydrogens is 392 g/mol. The first-order chi connectivity index (χ1) is 13.3. The van der Waals surface area contributed by atoms with Gasteiger partial charge in [0.25, 0.3) is 0 Å². The second kappa shape index (κ2) is 7.52. The molecule has 0 radical (unpaired) electrons. The Kier molecular flexibility index (Phi) is 5.84. The van der Waals surface area contributed by atoms with E-state index in [1.165, 1.54) is 4.31 Å². The SMILES string of the molecule is CC(C)(C)OC(=O)NCC1CCCCN1S(=O)(=O)CC12CCC(CC1=O)C2(C)C. The average molecular weight is 429 g/mol. The van der Waals surface area contributed by atoms with Crippen LogP contribution in [-0.2, 0) is 19.6 Å². The Morgan fingerprint density at radius 1 is 1.24 bits per heavy atom. The Morgan fingerprint density at radius 3 is 2.48 bits per heavy atom. The van der Waals surface area contributed by atoms with Crippen molar-refractivity contribution < 1.29 is 22.7 Å². The molecule has 3 fully saturated rings. The van der Waals surface area contributed by atoms with Crippen molar-refractivity contribution in [2.24, 2.45) is 16.7 Å². The molecule has 1 heterocycles. The van der Waals surface area contributed by atoms with E-state index < -0.39 is 27.1 Å². The molecule has 0 aromatic carbocycles. The fraction of sp³-hybridized carbons (Fsp3) is 0.905. The van der Waals surface area contributed by atoms with Gasteiger partial charge >= 0.3 is 6.09 Å². The molecule has 1 saturated heterocycles. The summed E-state index contributed by atoms with van der Waals surface area (Å²) in [6, 6.07) is -0.297. The lowest BCUT2D eigenvalue weighted by Crippen LogP contribution is -2.53. The molecule has 0 aromatic rings. The highest BCUT2D eigenvalue weighted by Crippen LogP contribution is 2.64. The highest BCUT2D eigenvalue weighted by atomic mass is 32.2. The van der Waals surface area contributed by atoms with Crippen molar-refractivity contribution in [3.8, 4) is 0 Å². The zero-order valence-electron chi connectivity index (χ0n) is 18.4. The van der Waals surface area contributed by atoms with Gasteiger partial charge in [-0.3, -0.25) is 4.79 Å². The number of ketones is 1. The number of sulfonamides is 1. The number of nitrogens with zero attached hydrogens (tertiary/aromatic N) is 1. The van der Waals surface area contributed by atoms with Crippen molar-refractivity contribution in [3.63, 3.8) is 0 Å². The number of rotatable bonds is 5. The van der Waals surface area contributed by atoms with Crippen molar-refractivity contribution in [1.82, 2.24) is 9.62 Å². The molecule has 2 saturated carbocycles. The standard InChI is InChI=1S/C21H36N2O5S/c1-19(2,3)28-18(25)22-13-16-8-6-7-11-23(16)29(26,27)14-21-10-9-15(12-17(21)24)20(21,4)5/h15-16H,6-14H2,1-5H3,(H,22,25). The molecule has 8 heteroatoms. The lowest BCUT2D eigenvalue weighted by molar-refractivity contribution is -0.128. The van der Waals surface area contributed by atoms with E-state index in [2.05, 4.69) is 19.2 Å². The number of Topliss-reactive ketones (excluding diaryl/α,β-unsaturated/α-hetero) is 1. The van der Waals surface area contributed by atoms with Gasteiger partial charge in [0.1, 0.15) is 11.4 Å². The third-order valence-electron chi connectivity index (χ3n) is 7.38. The lowest BCUT2D eigenvalue weighted by atomic mass is 9.70. The largest absolute Gasteiger partial charge is 0.444 e. The average Bonchev–Trinajstić information content (AvgIpc) is 2.92. The predicted molar refractivity (Wildman–Crippen MR) is 111 cm³/mol. The fourth-order valence-electron chi connectivity index (χ4n) is 5.56. The van der Waals surface area contributed by atoms with Crippen LogP contribution in [0.3, 0.4) is 0 Å². The molecule has 3 unspecified atom stereocenters. The van der Waals surface area contributed by atoms with Crippen molar-refractivity contribution in [2.75, 3.05) is 18.8 Å². The number of ether oxygens (including phenoxy) is 1. The molecule has 1 N–H and O–H groups in total. The number of nitrogens with one attached hydrogen (secondary N) is 1. The summed E-state index contributed by atoms with van der Waals surface area (Å²) < 4.78 is 33.8. The van der Waals surface area contributed by atoms with Gasteiger partial charge in [-0.05, 0) is 57.8 Å². The van der Waals surface area contributed by atoms with Crippen LogP contribution in [-0.4, -0.2) is 55.1 Å². The molecule has 3 aliphatic rings. The number of hydrogen-bond donors (Lipinski definition) is 1. The molecule has 7 nitrogen and oxygen atoms in total. The maximum Gasteiger partial charge on any atom is 0.407 e. The quantitative estimate of drug-likeness (QED) is 0.726. The topological polar surface area (TPSA) is 92.8 Å². The van der Waals surface area contributed by atoms with Gasteiger partial charge in [0.15, 0.2) is 0 Å². The first-order valence-corrected chi connectivity index (χ1v) is 12.4. The Hall–Kier alpha value is -1.15. The minimum absolute atomic E-state index is 0.106. The van der Waals surface area contributed by atoms with Crippen LogP contribution in [0.1, 0.15) is 73.1 Å². The van der Waals surface area contributed by atoms with Crippen LogP contribution in [0.2, 0.25) is 0 Å². The van der Waals surface area contributed by atoms with Gasteiger partial charge < -0.3 is 10.1 Å². The number of carbonyl (C=O) groups excluding carboxylic acids is 2. The summed E-state index contributed by atoms with van der Waals surface area (Å²) in [5.74, 6) is 0.296.